The van der Waals surface area contributed by atoms with E-state index in [4.69, 9.17) is 16.0 Å². The van der Waals surface area contributed by atoms with Crippen molar-refractivity contribution in [2.24, 2.45) is 0 Å². The first kappa shape index (κ1) is 14.2. The highest BCUT2D eigenvalue weighted by atomic mass is 35.5. The largest absolute Gasteiger partial charge is 0.441 e. The lowest BCUT2D eigenvalue weighted by molar-refractivity contribution is -0.384. The van der Waals surface area contributed by atoms with Crippen molar-refractivity contribution in [1.29, 1.82) is 0 Å². The quantitative estimate of drug-likeness (QED) is 0.487. The number of rotatable bonds is 4. The molecular weight excluding hydrogens is 310 g/mol. The average Bonchev–Trinajstić information content (AvgIpc) is 2.87. The van der Waals surface area contributed by atoms with Gasteiger partial charge in [0, 0.05) is 12.1 Å². The zero-order chi connectivity index (χ0) is 14.9. The summed E-state index contributed by atoms with van der Waals surface area (Å²) in [5, 5.41) is 9.80. The summed E-state index contributed by atoms with van der Waals surface area (Å²) in [6.07, 6.45) is 0.358. The van der Waals surface area contributed by atoms with Crippen LogP contribution in [0.2, 0.25) is 5.02 Å². The third kappa shape index (κ3) is 2.43. The maximum absolute atomic E-state index is 12.2. The van der Waals surface area contributed by atoms with Gasteiger partial charge in [-0.3, -0.25) is 14.9 Å². The molecule has 0 aliphatic heterocycles. The first-order valence-corrected chi connectivity index (χ1v) is 6.96. The molecule has 20 heavy (non-hydrogen) atoms. The summed E-state index contributed by atoms with van der Waals surface area (Å²) in [6.45, 7) is 0. The number of hydrogen-bond acceptors (Lipinski definition) is 6. The zero-order valence-electron chi connectivity index (χ0n) is 9.65. The number of aldehydes is 1. The molecule has 2 rings (SSSR count). The lowest BCUT2D eigenvalue weighted by Crippen LogP contribution is -2.02. The lowest BCUT2D eigenvalue weighted by Gasteiger charge is -2.03. The normalized spacial score (nSPS) is 11.2. The number of benzene rings is 1. The van der Waals surface area contributed by atoms with E-state index in [1.54, 1.807) is 0 Å². The molecule has 0 fully saturated rings. The molecule has 0 spiro atoms. The predicted molar refractivity (Wildman–Crippen MR) is 67.7 cm³/mol. The molecule has 0 aliphatic carbocycles. The molecule has 0 amide bonds. The van der Waals surface area contributed by atoms with Crippen LogP contribution in [0.4, 0.5) is 5.69 Å². The minimum atomic E-state index is -4.08. The molecule has 0 unspecified atom stereocenters. The van der Waals surface area contributed by atoms with Crippen LogP contribution < -0.4 is 0 Å². The van der Waals surface area contributed by atoms with E-state index in [0.29, 0.717) is 6.29 Å². The number of nitrogens with zero attached hydrogens (tertiary/aromatic N) is 1. The van der Waals surface area contributed by atoms with Crippen molar-refractivity contribution in [2.45, 2.75) is 9.99 Å². The first-order chi connectivity index (χ1) is 9.36. The van der Waals surface area contributed by atoms with Gasteiger partial charge in [0.2, 0.25) is 14.9 Å². The van der Waals surface area contributed by atoms with E-state index in [-0.39, 0.29) is 21.4 Å². The molecule has 1 heterocycles. The molecule has 0 radical (unpaired) electrons. The fourth-order valence-electron chi connectivity index (χ4n) is 1.47. The number of furan rings is 1. The third-order valence-corrected chi connectivity index (χ3v) is 4.51. The Morgan fingerprint density at radius 1 is 1.25 bits per heavy atom. The Morgan fingerprint density at radius 3 is 2.45 bits per heavy atom. The van der Waals surface area contributed by atoms with E-state index < -0.39 is 19.9 Å². The van der Waals surface area contributed by atoms with Crippen molar-refractivity contribution < 1.29 is 22.6 Å². The molecule has 104 valence electrons. The fraction of sp³-hybridized carbons (Fsp3) is 0. The van der Waals surface area contributed by atoms with Crippen LogP contribution in [0.15, 0.2) is 44.7 Å². The van der Waals surface area contributed by atoms with Crippen LogP contribution in [0.25, 0.3) is 0 Å². The van der Waals surface area contributed by atoms with Gasteiger partial charge in [-0.25, -0.2) is 8.42 Å². The second-order valence-corrected chi connectivity index (χ2v) is 5.91. The fourth-order valence-corrected chi connectivity index (χ4v) is 3.18. The highest BCUT2D eigenvalue weighted by Crippen LogP contribution is 2.31. The van der Waals surface area contributed by atoms with E-state index in [9.17, 15) is 23.3 Å². The van der Waals surface area contributed by atoms with Crippen LogP contribution in [0.1, 0.15) is 10.6 Å². The van der Waals surface area contributed by atoms with Crippen LogP contribution in [0.5, 0.6) is 0 Å². The van der Waals surface area contributed by atoms with Gasteiger partial charge in [-0.15, -0.1) is 0 Å². The monoisotopic (exact) mass is 315 g/mol. The summed E-state index contributed by atoms with van der Waals surface area (Å²) in [7, 11) is -4.08. The van der Waals surface area contributed by atoms with Gasteiger partial charge in [0.1, 0.15) is 0 Å². The van der Waals surface area contributed by atoms with Crippen molar-refractivity contribution in [3.63, 3.8) is 0 Å². The van der Waals surface area contributed by atoms with Crippen molar-refractivity contribution >= 4 is 33.4 Å². The van der Waals surface area contributed by atoms with Crippen molar-refractivity contribution in [1.82, 2.24) is 0 Å². The van der Waals surface area contributed by atoms with Crippen molar-refractivity contribution in [2.75, 3.05) is 0 Å². The average molecular weight is 316 g/mol. The first-order valence-electron chi connectivity index (χ1n) is 5.10. The minimum absolute atomic E-state index is 0.151. The molecule has 0 N–H and O–H groups in total. The van der Waals surface area contributed by atoms with Crippen LogP contribution >= 0.6 is 11.6 Å². The molecule has 9 heteroatoms. The van der Waals surface area contributed by atoms with Gasteiger partial charge >= 0.3 is 0 Å². The summed E-state index contributed by atoms with van der Waals surface area (Å²) >= 11 is 5.75. The van der Waals surface area contributed by atoms with Gasteiger partial charge in [0.25, 0.3) is 5.69 Å². The standard InChI is InChI=1S/C11H6ClNO6S/c12-9-5-7(13(15)16)1-3-10(9)20(17,18)11-4-2-8(6-14)19-11/h1-6H. The number of sulfone groups is 1. The van der Waals surface area contributed by atoms with E-state index in [0.717, 1.165) is 24.3 Å². The number of nitro groups is 1. The summed E-state index contributed by atoms with van der Waals surface area (Å²) < 4.78 is 29.2. The number of nitro benzene ring substituents is 1. The number of carbonyl (C=O) groups is 1. The number of halogens is 1. The van der Waals surface area contributed by atoms with Crippen LogP contribution in [-0.2, 0) is 9.84 Å². The molecule has 2 aromatic rings. The second kappa shape index (κ2) is 5.06. The van der Waals surface area contributed by atoms with Crippen molar-refractivity contribution in [3.05, 3.63) is 51.2 Å². The Morgan fingerprint density at radius 2 is 1.95 bits per heavy atom. The van der Waals surface area contributed by atoms with E-state index in [2.05, 4.69) is 0 Å². The van der Waals surface area contributed by atoms with Crippen LogP contribution in [0, 0.1) is 10.1 Å². The van der Waals surface area contributed by atoms with Gasteiger partial charge < -0.3 is 4.42 Å². The third-order valence-electron chi connectivity index (χ3n) is 2.40. The lowest BCUT2D eigenvalue weighted by atomic mass is 10.3. The maximum atomic E-state index is 12.2. The predicted octanol–water partition coefficient (Wildman–Crippen LogP) is 2.49. The van der Waals surface area contributed by atoms with Crippen molar-refractivity contribution in [3.8, 4) is 0 Å². The van der Waals surface area contributed by atoms with Gasteiger partial charge in [-0.1, -0.05) is 11.6 Å². The summed E-state index contributed by atoms with van der Waals surface area (Å²) in [6, 6.07) is 5.26. The molecule has 0 atom stereocenters. The molecule has 1 aromatic carbocycles. The molecule has 1 aromatic heterocycles. The molecule has 0 saturated heterocycles. The van der Waals surface area contributed by atoms with Gasteiger partial charge in [-0.05, 0) is 18.2 Å². The second-order valence-electron chi connectivity index (χ2n) is 3.65. The van der Waals surface area contributed by atoms with E-state index in [1.807, 2.05) is 0 Å². The van der Waals surface area contributed by atoms with Crippen LogP contribution in [0.3, 0.4) is 0 Å². The highest BCUT2D eigenvalue weighted by Gasteiger charge is 2.26. The van der Waals surface area contributed by atoms with Crippen LogP contribution in [-0.4, -0.2) is 19.6 Å². The number of non-ortho nitro benzene ring substituents is 1. The van der Waals surface area contributed by atoms with Gasteiger partial charge in [-0.2, -0.15) is 0 Å². The maximum Gasteiger partial charge on any atom is 0.271 e. The summed E-state index contributed by atoms with van der Waals surface area (Å²) in [5.74, 6) is -0.151. The number of carbonyl (C=O) groups excluding carboxylic acids is 1. The number of hydrogen-bond donors (Lipinski definition) is 0. The van der Waals surface area contributed by atoms with E-state index in [1.165, 1.54) is 6.07 Å². The SMILES string of the molecule is O=Cc1ccc(S(=O)(=O)c2ccc([N+](=O)[O-])cc2Cl)o1. The smallest absolute Gasteiger partial charge is 0.271 e. The van der Waals surface area contributed by atoms with Gasteiger partial charge in [0.05, 0.1) is 14.8 Å². The van der Waals surface area contributed by atoms with Gasteiger partial charge in [0.15, 0.2) is 12.0 Å². The Kier molecular flexibility index (Phi) is 3.60. The Bertz CT molecular complexity index is 795. The Labute approximate surface area is 117 Å². The Hall–Kier alpha value is -2.19. The zero-order valence-corrected chi connectivity index (χ0v) is 11.2. The molecule has 0 bridgehead atoms. The molecule has 0 aliphatic rings. The minimum Gasteiger partial charge on any atom is -0.441 e. The van der Waals surface area contributed by atoms with E-state index >= 15 is 0 Å². The highest BCUT2D eigenvalue weighted by molar-refractivity contribution is 7.91. The Balaban J connectivity index is 2.54. The molecular formula is C11H6ClNO6S. The summed E-state index contributed by atoms with van der Waals surface area (Å²) in [4.78, 5) is 20.0. The topological polar surface area (TPSA) is 107 Å². The molecule has 0 saturated carbocycles. The summed E-state index contributed by atoms with van der Waals surface area (Å²) in [5.41, 5.74) is -0.332. The molecule has 7 nitrogen and oxygen atoms in total.